The molecule has 1 atom stereocenters. The van der Waals surface area contributed by atoms with E-state index in [1.807, 2.05) is 52.0 Å². The summed E-state index contributed by atoms with van der Waals surface area (Å²) in [6, 6.07) is 13.0. The number of aromatic hydroxyl groups is 1. The molecule has 0 aliphatic carbocycles. The number of ether oxygens (including phenoxy) is 1. The molecule has 0 amide bonds. The van der Waals surface area contributed by atoms with Crippen molar-refractivity contribution in [3.63, 3.8) is 0 Å². The first-order valence-electron chi connectivity index (χ1n) is 9.99. The highest BCUT2D eigenvalue weighted by atomic mass is 16.5. The van der Waals surface area contributed by atoms with Crippen molar-refractivity contribution in [2.45, 2.75) is 40.0 Å². The van der Waals surface area contributed by atoms with Crippen molar-refractivity contribution in [1.82, 2.24) is 0 Å². The topological polar surface area (TPSA) is 70.3 Å². The van der Waals surface area contributed by atoms with Gasteiger partial charge >= 0.3 is 0 Å². The third-order valence-corrected chi connectivity index (χ3v) is 5.03. The number of carbonyl (C=O) groups excluding carboxylic acids is 1. The summed E-state index contributed by atoms with van der Waals surface area (Å²) in [5.74, 6) is -0.444. The first-order chi connectivity index (χ1) is 14.3. The first kappa shape index (κ1) is 23.1. The van der Waals surface area contributed by atoms with E-state index in [-0.39, 0.29) is 18.1 Å². The minimum Gasteiger partial charge on any atom is -0.508 e. The Bertz CT molecular complexity index is 1010. The molecule has 0 aliphatic heterocycles. The molecule has 2 aromatic rings. The van der Waals surface area contributed by atoms with Crippen LogP contribution in [0.1, 0.15) is 54.0 Å². The van der Waals surface area contributed by atoms with Crippen LogP contribution in [0.5, 0.6) is 5.75 Å². The number of phenols is 1. The van der Waals surface area contributed by atoms with E-state index in [9.17, 15) is 15.2 Å². The van der Waals surface area contributed by atoms with E-state index in [2.05, 4.69) is 12.6 Å². The van der Waals surface area contributed by atoms with Gasteiger partial charge in [0, 0.05) is 17.1 Å². The van der Waals surface area contributed by atoms with E-state index in [1.165, 1.54) is 0 Å². The summed E-state index contributed by atoms with van der Waals surface area (Å²) < 4.78 is 5.55. The second-order valence-electron chi connectivity index (χ2n) is 7.65. The van der Waals surface area contributed by atoms with Gasteiger partial charge in [0.2, 0.25) is 0 Å². The predicted octanol–water partition coefficient (Wildman–Crippen LogP) is 5.51. The molecule has 0 radical (unpaired) electrons. The van der Waals surface area contributed by atoms with E-state index in [1.54, 1.807) is 18.2 Å². The van der Waals surface area contributed by atoms with Gasteiger partial charge in [-0.1, -0.05) is 35.4 Å². The number of nitriles is 1. The number of allylic oxidation sites excluding steroid dienone is 1. The van der Waals surface area contributed by atoms with Crippen LogP contribution >= 0.6 is 0 Å². The highest BCUT2D eigenvalue weighted by Crippen LogP contribution is 2.40. The Morgan fingerprint density at radius 3 is 2.53 bits per heavy atom. The largest absolute Gasteiger partial charge is 0.508 e. The van der Waals surface area contributed by atoms with E-state index < -0.39 is 5.92 Å². The third kappa shape index (κ3) is 5.46. The summed E-state index contributed by atoms with van der Waals surface area (Å²) in [5.41, 5.74) is 5.44. The average Bonchev–Trinajstić information content (AvgIpc) is 2.71. The molecular weight excluding hydrogens is 374 g/mol. The third-order valence-electron chi connectivity index (χ3n) is 5.03. The molecule has 0 aliphatic rings. The van der Waals surface area contributed by atoms with Crippen LogP contribution in [-0.4, -0.2) is 24.1 Å². The van der Waals surface area contributed by atoms with E-state index in [0.717, 1.165) is 22.3 Å². The van der Waals surface area contributed by atoms with Crippen molar-refractivity contribution >= 4 is 5.78 Å². The number of hydrogen-bond acceptors (Lipinski definition) is 4. The fourth-order valence-electron chi connectivity index (χ4n) is 3.59. The van der Waals surface area contributed by atoms with Gasteiger partial charge in [0.1, 0.15) is 12.4 Å². The van der Waals surface area contributed by atoms with Crippen LogP contribution in [0.3, 0.4) is 0 Å². The number of benzene rings is 2. The number of phenolic OH excluding ortho intramolecular Hbond substituents is 1. The molecule has 0 aromatic heterocycles. The minimum absolute atomic E-state index is 0.0350. The lowest BCUT2D eigenvalue weighted by Crippen LogP contribution is -2.20. The van der Waals surface area contributed by atoms with Gasteiger partial charge in [-0.2, -0.15) is 5.26 Å². The summed E-state index contributed by atoms with van der Waals surface area (Å²) in [7, 11) is 0. The fourth-order valence-corrected chi connectivity index (χ4v) is 3.59. The number of hydrogen-bond donors (Lipinski definition) is 1. The van der Waals surface area contributed by atoms with Gasteiger partial charge in [0.15, 0.2) is 5.78 Å². The molecule has 156 valence electrons. The zero-order valence-corrected chi connectivity index (χ0v) is 18.2. The Labute approximate surface area is 179 Å². The lowest BCUT2D eigenvalue weighted by molar-refractivity contribution is -0.120. The molecule has 0 unspecified atom stereocenters. The SMILES string of the molecule is C=CCCOCC(=O)C(=C(C)C)[C@H](c1ccc(C#N)cc1C)c1cc(C)ccc1O. The van der Waals surface area contributed by atoms with E-state index in [4.69, 9.17) is 4.74 Å². The van der Waals surface area contributed by atoms with E-state index in [0.29, 0.717) is 29.7 Å². The minimum atomic E-state index is -0.460. The zero-order valence-electron chi connectivity index (χ0n) is 18.2. The quantitative estimate of drug-likeness (QED) is 0.340. The smallest absolute Gasteiger partial charge is 0.185 e. The molecule has 0 saturated carbocycles. The molecule has 4 nitrogen and oxygen atoms in total. The molecule has 0 spiro atoms. The van der Waals surface area contributed by atoms with Crippen molar-refractivity contribution in [3.8, 4) is 11.8 Å². The monoisotopic (exact) mass is 403 g/mol. The number of rotatable bonds is 9. The molecule has 1 N–H and O–H groups in total. The van der Waals surface area contributed by atoms with Crippen molar-refractivity contribution in [2.24, 2.45) is 0 Å². The lowest BCUT2D eigenvalue weighted by atomic mass is 9.78. The Hall–Kier alpha value is -3.16. The van der Waals surface area contributed by atoms with Crippen LogP contribution in [0.25, 0.3) is 0 Å². The van der Waals surface area contributed by atoms with Crippen LogP contribution in [0, 0.1) is 25.2 Å². The lowest BCUT2D eigenvalue weighted by Gasteiger charge is -2.25. The predicted molar refractivity (Wildman–Crippen MR) is 120 cm³/mol. The van der Waals surface area contributed by atoms with Crippen LogP contribution in [0.2, 0.25) is 0 Å². The Balaban J connectivity index is 2.64. The Kier molecular flexibility index (Phi) is 8.15. The van der Waals surface area contributed by atoms with Gasteiger partial charge in [0.25, 0.3) is 0 Å². The maximum Gasteiger partial charge on any atom is 0.185 e. The Morgan fingerprint density at radius 2 is 1.93 bits per heavy atom. The molecular formula is C26H29NO3. The van der Waals surface area contributed by atoms with Gasteiger partial charge < -0.3 is 9.84 Å². The highest BCUT2D eigenvalue weighted by Gasteiger charge is 2.29. The van der Waals surface area contributed by atoms with Gasteiger partial charge in [0.05, 0.1) is 18.2 Å². The number of carbonyl (C=O) groups is 1. The van der Waals surface area contributed by atoms with Crippen LogP contribution in [0.4, 0.5) is 0 Å². The number of ketones is 1. The molecule has 2 rings (SSSR count). The second-order valence-corrected chi connectivity index (χ2v) is 7.65. The first-order valence-corrected chi connectivity index (χ1v) is 9.99. The number of aryl methyl sites for hydroxylation is 2. The van der Waals surface area contributed by atoms with Crippen LogP contribution in [0.15, 0.2) is 60.2 Å². The van der Waals surface area contributed by atoms with Crippen LogP contribution in [-0.2, 0) is 9.53 Å². The number of nitrogens with zero attached hydrogens (tertiary/aromatic N) is 1. The van der Waals surface area contributed by atoms with Crippen molar-refractivity contribution < 1.29 is 14.6 Å². The molecule has 30 heavy (non-hydrogen) atoms. The summed E-state index contributed by atoms with van der Waals surface area (Å²) in [5, 5.41) is 19.9. The van der Waals surface area contributed by atoms with E-state index >= 15 is 0 Å². The van der Waals surface area contributed by atoms with Gasteiger partial charge in [-0.25, -0.2) is 0 Å². The number of Topliss-reactive ketones (excluding diaryl/α,β-unsaturated/α-hetero) is 1. The van der Waals surface area contributed by atoms with Crippen molar-refractivity contribution in [1.29, 1.82) is 5.26 Å². The normalized spacial score (nSPS) is 11.4. The molecule has 0 heterocycles. The molecule has 0 bridgehead atoms. The molecule has 2 aromatic carbocycles. The maximum absolute atomic E-state index is 13.2. The summed E-state index contributed by atoms with van der Waals surface area (Å²) in [6.45, 7) is 11.7. The highest BCUT2D eigenvalue weighted by molar-refractivity contribution is 5.99. The molecule has 0 fully saturated rings. The average molecular weight is 404 g/mol. The fraction of sp³-hybridized carbons (Fsp3) is 0.308. The zero-order chi connectivity index (χ0) is 22.3. The summed E-state index contributed by atoms with van der Waals surface area (Å²) >= 11 is 0. The summed E-state index contributed by atoms with van der Waals surface area (Å²) in [4.78, 5) is 13.2. The van der Waals surface area contributed by atoms with Gasteiger partial charge in [-0.15, -0.1) is 6.58 Å². The molecule has 4 heteroatoms. The van der Waals surface area contributed by atoms with Crippen LogP contribution < -0.4 is 0 Å². The molecule has 0 saturated heterocycles. The van der Waals surface area contributed by atoms with Gasteiger partial charge in [-0.05, 0) is 63.4 Å². The maximum atomic E-state index is 13.2. The standard InChI is InChI=1S/C26H29NO3/c1-6-7-12-30-16-24(29)25(17(2)3)26(22-13-18(4)8-11-23(22)28)21-10-9-20(15-27)14-19(21)5/h6,8-11,13-14,26,28H,1,7,12,16H2,2-5H3/t26-/m1/s1. The summed E-state index contributed by atoms with van der Waals surface area (Å²) in [6.07, 6.45) is 2.42. The van der Waals surface area contributed by atoms with Crippen molar-refractivity contribution in [2.75, 3.05) is 13.2 Å². The Morgan fingerprint density at radius 1 is 1.20 bits per heavy atom. The van der Waals surface area contributed by atoms with Gasteiger partial charge in [-0.3, -0.25) is 4.79 Å². The van der Waals surface area contributed by atoms with Crippen molar-refractivity contribution in [3.05, 3.63) is 88.0 Å². The second kappa shape index (κ2) is 10.6.